The Balaban J connectivity index is 3.37. The predicted molar refractivity (Wildman–Crippen MR) is 52.1 cm³/mol. The maximum Gasteiger partial charge on any atom is 0.335 e. The molecule has 0 fully saturated rings. The number of hydrogen-bond donors (Lipinski definition) is 3. The van der Waals surface area contributed by atoms with Gasteiger partial charge in [-0.05, 0) is 12.1 Å². The van der Waals surface area contributed by atoms with Gasteiger partial charge in [0.05, 0.1) is 11.6 Å². The molecule has 0 heterocycles. The molecule has 0 aliphatic carbocycles. The Labute approximate surface area is 85.5 Å². The Hall–Kier alpha value is -1.88. The van der Waals surface area contributed by atoms with E-state index < -0.39 is 23.6 Å². The molecule has 0 saturated heterocycles. The summed E-state index contributed by atoms with van der Waals surface area (Å²) in [6, 6.07) is 1.04. The molecule has 1 atom stereocenters. The Morgan fingerprint density at radius 1 is 1.60 bits per heavy atom. The number of halogens is 1. The Morgan fingerprint density at radius 2 is 2.20 bits per heavy atom. The maximum atomic E-state index is 13.1. The van der Waals surface area contributed by atoms with Gasteiger partial charge in [-0.15, -0.1) is 6.58 Å². The quantitative estimate of drug-likeness (QED) is 0.660. The summed E-state index contributed by atoms with van der Waals surface area (Å²) < 4.78 is 13.1. The number of hydrogen-bond acceptors (Lipinski definition) is 3. The number of phenolic OH excluding ortho intramolecular Hbond substituents is 1. The summed E-state index contributed by atoms with van der Waals surface area (Å²) >= 11 is 0. The van der Waals surface area contributed by atoms with E-state index in [4.69, 9.17) is 10.8 Å². The van der Waals surface area contributed by atoms with Gasteiger partial charge in [0.25, 0.3) is 0 Å². The minimum atomic E-state index is -1.29. The van der Waals surface area contributed by atoms with Crippen molar-refractivity contribution < 1.29 is 19.4 Å². The first kappa shape index (κ1) is 11.2. The van der Waals surface area contributed by atoms with Crippen LogP contribution < -0.4 is 5.73 Å². The fourth-order valence-electron chi connectivity index (χ4n) is 1.12. The van der Waals surface area contributed by atoms with Crippen LogP contribution in [0.3, 0.4) is 0 Å². The number of carbonyl (C=O) groups is 1. The fraction of sp³-hybridized carbons (Fsp3) is 0.100. The van der Waals surface area contributed by atoms with Crippen LogP contribution in [0.4, 0.5) is 4.39 Å². The van der Waals surface area contributed by atoms with Crippen LogP contribution in [0.1, 0.15) is 22.0 Å². The topological polar surface area (TPSA) is 83.6 Å². The lowest BCUT2D eigenvalue weighted by Gasteiger charge is -2.10. The van der Waals surface area contributed by atoms with Gasteiger partial charge in [-0.3, -0.25) is 0 Å². The number of aromatic hydroxyl groups is 1. The molecule has 1 rings (SSSR count). The third kappa shape index (κ3) is 2.13. The maximum absolute atomic E-state index is 13.1. The van der Waals surface area contributed by atoms with Crippen LogP contribution in [0.15, 0.2) is 24.8 Å². The van der Waals surface area contributed by atoms with Crippen molar-refractivity contribution in [2.75, 3.05) is 0 Å². The monoisotopic (exact) mass is 211 g/mol. The van der Waals surface area contributed by atoms with Gasteiger partial charge >= 0.3 is 5.97 Å². The van der Waals surface area contributed by atoms with E-state index in [2.05, 4.69) is 6.58 Å². The number of rotatable bonds is 3. The summed E-state index contributed by atoms with van der Waals surface area (Å²) in [5, 5.41) is 18.0. The molecule has 0 aliphatic rings. The molecule has 1 aromatic rings. The number of carboxylic acids is 1. The van der Waals surface area contributed by atoms with Gasteiger partial charge < -0.3 is 15.9 Å². The third-order valence-electron chi connectivity index (χ3n) is 1.95. The zero-order chi connectivity index (χ0) is 11.6. The van der Waals surface area contributed by atoms with E-state index in [1.165, 1.54) is 6.08 Å². The molecule has 15 heavy (non-hydrogen) atoms. The molecule has 0 aromatic heterocycles. The van der Waals surface area contributed by atoms with E-state index in [0.717, 1.165) is 12.1 Å². The van der Waals surface area contributed by atoms with Crippen LogP contribution in [0, 0.1) is 5.82 Å². The van der Waals surface area contributed by atoms with Crippen LogP contribution in [-0.2, 0) is 0 Å². The molecule has 0 spiro atoms. The van der Waals surface area contributed by atoms with E-state index >= 15 is 0 Å². The molecule has 4 nitrogen and oxygen atoms in total. The Kier molecular flexibility index (Phi) is 3.06. The average Bonchev–Trinajstić information content (AvgIpc) is 2.20. The predicted octanol–water partition coefficient (Wildman–Crippen LogP) is 1.42. The first-order valence-electron chi connectivity index (χ1n) is 4.11. The second kappa shape index (κ2) is 4.10. The average molecular weight is 211 g/mol. The fourth-order valence-corrected chi connectivity index (χ4v) is 1.12. The van der Waals surface area contributed by atoms with Crippen molar-refractivity contribution in [1.29, 1.82) is 0 Å². The van der Waals surface area contributed by atoms with Gasteiger partial charge in [-0.1, -0.05) is 6.08 Å². The highest BCUT2D eigenvalue weighted by atomic mass is 19.1. The molecule has 5 heteroatoms. The summed E-state index contributed by atoms with van der Waals surface area (Å²) in [4.78, 5) is 10.6. The molecule has 0 aliphatic heterocycles. The van der Waals surface area contributed by atoms with Gasteiger partial charge in [0.15, 0.2) is 11.6 Å². The second-order valence-electron chi connectivity index (χ2n) is 2.96. The summed E-state index contributed by atoms with van der Waals surface area (Å²) in [7, 11) is 0. The van der Waals surface area contributed by atoms with Gasteiger partial charge in [0.2, 0.25) is 0 Å². The zero-order valence-electron chi connectivity index (χ0n) is 7.77. The lowest BCUT2D eigenvalue weighted by atomic mass is 10.0. The van der Waals surface area contributed by atoms with Crippen molar-refractivity contribution in [1.82, 2.24) is 0 Å². The smallest absolute Gasteiger partial charge is 0.335 e. The van der Waals surface area contributed by atoms with Crippen LogP contribution in [0.2, 0.25) is 0 Å². The SMILES string of the molecule is C=C[C@H](N)c1cc(C(=O)O)cc(F)c1O. The number of aromatic carboxylic acids is 1. The summed E-state index contributed by atoms with van der Waals surface area (Å²) in [6.45, 7) is 3.38. The molecular formula is C10H10FNO3. The lowest BCUT2D eigenvalue weighted by Crippen LogP contribution is -2.09. The Bertz CT molecular complexity index is 417. The van der Waals surface area contributed by atoms with E-state index in [-0.39, 0.29) is 11.1 Å². The molecule has 4 N–H and O–H groups in total. The summed E-state index contributed by atoms with van der Waals surface area (Å²) in [5.74, 6) is -2.94. The molecule has 0 radical (unpaired) electrons. The van der Waals surface area contributed by atoms with Crippen molar-refractivity contribution in [2.24, 2.45) is 5.73 Å². The third-order valence-corrected chi connectivity index (χ3v) is 1.95. The lowest BCUT2D eigenvalue weighted by molar-refractivity contribution is 0.0696. The minimum Gasteiger partial charge on any atom is -0.505 e. The number of benzene rings is 1. The van der Waals surface area contributed by atoms with Gasteiger partial charge in [-0.25, -0.2) is 9.18 Å². The van der Waals surface area contributed by atoms with Gasteiger partial charge in [-0.2, -0.15) is 0 Å². The van der Waals surface area contributed by atoms with Crippen LogP contribution in [-0.4, -0.2) is 16.2 Å². The van der Waals surface area contributed by atoms with Crippen molar-refractivity contribution in [3.05, 3.63) is 41.7 Å². The first-order chi connectivity index (χ1) is 6.97. The number of nitrogens with two attached hydrogens (primary N) is 1. The van der Waals surface area contributed by atoms with Crippen molar-refractivity contribution in [2.45, 2.75) is 6.04 Å². The molecule has 0 unspecified atom stereocenters. The zero-order valence-corrected chi connectivity index (χ0v) is 7.77. The van der Waals surface area contributed by atoms with Gasteiger partial charge in [0, 0.05) is 5.56 Å². The number of phenols is 1. The highest BCUT2D eigenvalue weighted by Crippen LogP contribution is 2.27. The molecule has 0 saturated carbocycles. The Morgan fingerprint density at radius 3 is 2.67 bits per heavy atom. The molecule has 0 bridgehead atoms. The van der Waals surface area contributed by atoms with E-state index in [1.54, 1.807) is 0 Å². The largest absolute Gasteiger partial charge is 0.505 e. The summed E-state index contributed by atoms with van der Waals surface area (Å²) in [6.07, 6.45) is 1.28. The molecule has 80 valence electrons. The summed E-state index contributed by atoms with van der Waals surface area (Å²) in [5.41, 5.74) is 5.23. The van der Waals surface area contributed by atoms with Crippen molar-refractivity contribution in [3.63, 3.8) is 0 Å². The molecule has 1 aromatic carbocycles. The van der Waals surface area contributed by atoms with Crippen molar-refractivity contribution >= 4 is 5.97 Å². The van der Waals surface area contributed by atoms with E-state index in [1.807, 2.05) is 0 Å². The normalized spacial score (nSPS) is 12.1. The van der Waals surface area contributed by atoms with E-state index in [0.29, 0.717) is 0 Å². The number of carboxylic acid groups (broad SMARTS) is 1. The standard InChI is InChI=1S/C10H10FNO3/c1-2-8(12)6-3-5(10(14)15)4-7(11)9(6)13/h2-4,8,13H,1,12H2,(H,14,15)/t8-/m0/s1. The highest BCUT2D eigenvalue weighted by molar-refractivity contribution is 5.88. The van der Waals surface area contributed by atoms with Crippen LogP contribution in [0.25, 0.3) is 0 Å². The van der Waals surface area contributed by atoms with Crippen LogP contribution >= 0.6 is 0 Å². The molecular weight excluding hydrogens is 201 g/mol. The van der Waals surface area contributed by atoms with E-state index in [9.17, 15) is 14.3 Å². The molecule has 0 amide bonds. The highest BCUT2D eigenvalue weighted by Gasteiger charge is 2.16. The minimum absolute atomic E-state index is 0.00222. The second-order valence-corrected chi connectivity index (χ2v) is 2.96. The van der Waals surface area contributed by atoms with Crippen molar-refractivity contribution in [3.8, 4) is 5.75 Å². The van der Waals surface area contributed by atoms with Crippen LogP contribution in [0.5, 0.6) is 5.75 Å². The first-order valence-corrected chi connectivity index (χ1v) is 4.11. The van der Waals surface area contributed by atoms with Gasteiger partial charge in [0.1, 0.15) is 0 Å².